The lowest BCUT2D eigenvalue weighted by atomic mass is 10.1. The number of rotatable bonds is 10. The van der Waals surface area contributed by atoms with Gasteiger partial charge in [-0.2, -0.15) is 0 Å². The topological polar surface area (TPSA) is 55.8 Å². The van der Waals surface area contributed by atoms with Gasteiger partial charge in [-0.05, 0) is 24.6 Å². The molecule has 0 aromatic heterocycles. The second-order valence-corrected chi connectivity index (χ2v) is 4.84. The number of methoxy groups -OCH3 is 1. The van der Waals surface area contributed by atoms with Crippen molar-refractivity contribution in [1.29, 1.82) is 0 Å². The molecule has 4 nitrogen and oxygen atoms in total. The zero-order valence-corrected chi connectivity index (χ0v) is 12.8. The van der Waals surface area contributed by atoms with E-state index in [4.69, 9.17) is 14.6 Å². The van der Waals surface area contributed by atoms with E-state index in [-0.39, 0.29) is 0 Å². The van der Waals surface area contributed by atoms with Gasteiger partial charge < -0.3 is 14.6 Å². The first-order valence-corrected chi connectivity index (χ1v) is 7.39. The Morgan fingerprint density at radius 2 is 2.00 bits per heavy atom. The minimum Gasteiger partial charge on any atom is -0.497 e. The van der Waals surface area contributed by atoms with Gasteiger partial charge in [-0.15, -0.1) is 0 Å². The summed E-state index contributed by atoms with van der Waals surface area (Å²) in [6.07, 6.45) is 8.50. The molecule has 0 aliphatic carbocycles. The molecule has 1 aromatic rings. The molecule has 0 bridgehead atoms. The Bertz CT molecular complexity index is 466. The first kappa shape index (κ1) is 17.1. The van der Waals surface area contributed by atoms with Gasteiger partial charge in [0.15, 0.2) is 0 Å². The highest BCUT2D eigenvalue weighted by Crippen LogP contribution is 2.26. The van der Waals surface area contributed by atoms with Gasteiger partial charge >= 0.3 is 5.97 Å². The van der Waals surface area contributed by atoms with Gasteiger partial charge in [-0.3, -0.25) is 0 Å². The Labute approximate surface area is 126 Å². The summed E-state index contributed by atoms with van der Waals surface area (Å²) in [5.74, 6) is 0.377. The molecule has 0 aliphatic heterocycles. The Morgan fingerprint density at radius 1 is 1.24 bits per heavy atom. The minimum atomic E-state index is -0.976. The summed E-state index contributed by atoms with van der Waals surface area (Å²) in [4.78, 5) is 10.6. The SMILES string of the molecule is CCCCCCCOc1cc(OC)ccc1C=CC(=O)O. The van der Waals surface area contributed by atoms with Crippen LogP contribution in [-0.4, -0.2) is 24.8 Å². The monoisotopic (exact) mass is 292 g/mol. The van der Waals surface area contributed by atoms with Gasteiger partial charge in [-0.1, -0.05) is 32.6 Å². The second-order valence-electron chi connectivity index (χ2n) is 4.84. The van der Waals surface area contributed by atoms with Crippen molar-refractivity contribution >= 4 is 12.0 Å². The Morgan fingerprint density at radius 3 is 2.67 bits per heavy atom. The van der Waals surface area contributed by atoms with Crippen LogP contribution in [0.2, 0.25) is 0 Å². The molecule has 1 rings (SSSR count). The van der Waals surface area contributed by atoms with E-state index in [9.17, 15) is 4.79 Å². The maximum Gasteiger partial charge on any atom is 0.328 e. The van der Waals surface area contributed by atoms with Crippen LogP contribution in [0.1, 0.15) is 44.6 Å². The second kappa shape index (κ2) is 9.86. The number of aliphatic carboxylic acids is 1. The lowest BCUT2D eigenvalue weighted by molar-refractivity contribution is -0.131. The maximum absolute atomic E-state index is 10.6. The molecule has 0 radical (unpaired) electrons. The van der Waals surface area contributed by atoms with E-state index in [0.29, 0.717) is 18.1 Å². The van der Waals surface area contributed by atoms with Crippen LogP contribution in [0, 0.1) is 0 Å². The van der Waals surface area contributed by atoms with E-state index >= 15 is 0 Å². The fourth-order valence-electron chi connectivity index (χ4n) is 1.95. The van der Waals surface area contributed by atoms with Crippen LogP contribution in [0.25, 0.3) is 6.08 Å². The van der Waals surface area contributed by atoms with Crippen LogP contribution in [0.5, 0.6) is 11.5 Å². The van der Waals surface area contributed by atoms with Crippen molar-refractivity contribution in [3.8, 4) is 11.5 Å². The van der Waals surface area contributed by atoms with E-state index in [1.54, 1.807) is 25.3 Å². The standard InChI is InChI=1S/C17H24O4/c1-3-4-5-6-7-12-21-16-13-15(20-2)10-8-14(16)9-11-17(18)19/h8-11,13H,3-7,12H2,1-2H3,(H,18,19). The van der Waals surface area contributed by atoms with Crippen LogP contribution in [0.15, 0.2) is 24.3 Å². The summed E-state index contributed by atoms with van der Waals surface area (Å²) in [5, 5.41) is 8.71. The van der Waals surface area contributed by atoms with E-state index in [2.05, 4.69) is 6.92 Å². The smallest absolute Gasteiger partial charge is 0.328 e. The first-order valence-electron chi connectivity index (χ1n) is 7.39. The average Bonchev–Trinajstić information content (AvgIpc) is 2.49. The molecular weight excluding hydrogens is 268 g/mol. The quantitative estimate of drug-likeness (QED) is 0.520. The van der Waals surface area contributed by atoms with Crippen molar-refractivity contribution in [2.24, 2.45) is 0 Å². The zero-order valence-electron chi connectivity index (χ0n) is 12.8. The number of unbranched alkanes of at least 4 members (excludes halogenated alkanes) is 4. The van der Waals surface area contributed by atoms with Crippen LogP contribution >= 0.6 is 0 Å². The summed E-state index contributed by atoms with van der Waals surface area (Å²) >= 11 is 0. The molecule has 0 amide bonds. The highest BCUT2D eigenvalue weighted by Gasteiger charge is 2.04. The Kier molecular flexibility index (Phi) is 8.02. The highest BCUT2D eigenvalue weighted by molar-refractivity contribution is 5.86. The van der Waals surface area contributed by atoms with E-state index in [1.165, 1.54) is 25.3 Å². The summed E-state index contributed by atoms with van der Waals surface area (Å²) in [6.45, 7) is 2.82. The molecule has 0 heterocycles. The lowest BCUT2D eigenvalue weighted by Gasteiger charge is -2.11. The molecule has 0 unspecified atom stereocenters. The molecule has 1 N–H and O–H groups in total. The molecule has 0 saturated carbocycles. The van der Waals surface area contributed by atoms with Gasteiger partial charge in [0, 0.05) is 17.7 Å². The molecule has 1 aromatic carbocycles. The summed E-state index contributed by atoms with van der Waals surface area (Å²) < 4.78 is 10.9. The number of ether oxygens (including phenoxy) is 2. The summed E-state index contributed by atoms with van der Waals surface area (Å²) in [6, 6.07) is 5.37. The third kappa shape index (κ3) is 6.84. The van der Waals surface area contributed by atoms with E-state index in [0.717, 1.165) is 24.5 Å². The third-order valence-corrected chi connectivity index (χ3v) is 3.13. The largest absolute Gasteiger partial charge is 0.497 e. The van der Waals surface area contributed by atoms with Crippen LogP contribution < -0.4 is 9.47 Å². The molecule has 0 spiro atoms. The van der Waals surface area contributed by atoms with Crippen molar-refractivity contribution in [3.05, 3.63) is 29.8 Å². The summed E-state index contributed by atoms with van der Waals surface area (Å²) in [5.41, 5.74) is 0.742. The van der Waals surface area contributed by atoms with Gasteiger partial charge in [0.05, 0.1) is 13.7 Å². The number of hydrogen-bond acceptors (Lipinski definition) is 3. The van der Waals surface area contributed by atoms with Crippen molar-refractivity contribution in [2.75, 3.05) is 13.7 Å². The number of carboxylic acid groups (broad SMARTS) is 1. The third-order valence-electron chi connectivity index (χ3n) is 3.13. The van der Waals surface area contributed by atoms with Gasteiger partial charge in [0.25, 0.3) is 0 Å². The van der Waals surface area contributed by atoms with Crippen molar-refractivity contribution in [2.45, 2.75) is 39.0 Å². The fraction of sp³-hybridized carbons (Fsp3) is 0.471. The van der Waals surface area contributed by atoms with Crippen LogP contribution in [-0.2, 0) is 4.79 Å². The zero-order chi connectivity index (χ0) is 15.5. The van der Waals surface area contributed by atoms with Gasteiger partial charge in [0.1, 0.15) is 11.5 Å². The molecule has 21 heavy (non-hydrogen) atoms. The van der Waals surface area contributed by atoms with E-state index < -0.39 is 5.97 Å². The number of carbonyl (C=O) groups is 1. The predicted octanol–water partition coefficient (Wildman–Crippen LogP) is 4.14. The highest BCUT2D eigenvalue weighted by atomic mass is 16.5. The Hall–Kier alpha value is -1.97. The van der Waals surface area contributed by atoms with Crippen LogP contribution in [0.4, 0.5) is 0 Å². The normalized spacial score (nSPS) is 10.8. The minimum absolute atomic E-state index is 0.630. The van der Waals surface area contributed by atoms with E-state index in [1.807, 2.05) is 0 Å². The molecule has 0 fully saturated rings. The molecule has 4 heteroatoms. The molecule has 0 aliphatic rings. The predicted molar refractivity (Wildman–Crippen MR) is 83.9 cm³/mol. The molecule has 116 valence electrons. The molecule has 0 atom stereocenters. The van der Waals surface area contributed by atoms with Crippen molar-refractivity contribution in [3.63, 3.8) is 0 Å². The summed E-state index contributed by atoms with van der Waals surface area (Å²) in [7, 11) is 1.59. The number of benzene rings is 1. The van der Waals surface area contributed by atoms with Crippen LogP contribution in [0.3, 0.4) is 0 Å². The Balaban J connectivity index is 2.61. The number of carboxylic acids is 1. The average molecular weight is 292 g/mol. The van der Waals surface area contributed by atoms with Gasteiger partial charge in [-0.25, -0.2) is 4.79 Å². The molecular formula is C17H24O4. The fourth-order valence-corrected chi connectivity index (χ4v) is 1.95. The van der Waals surface area contributed by atoms with Gasteiger partial charge in [0.2, 0.25) is 0 Å². The number of hydrogen-bond donors (Lipinski definition) is 1. The molecule has 0 saturated heterocycles. The van der Waals surface area contributed by atoms with Crippen molar-refractivity contribution < 1.29 is 19.4 Å². The maximum atomic E-state index is 10.6. The van der Waals surface area contributed by atoms with Crippen molar-refractivity contribution in [1.82, 2.24) is 0 Å². The first-order chi connectivity index (χ1) is 10.2. The lowest BCUT2D eigenvalue weighted by Crippen LogP contribution is -1.99.